The maximum atomic E-state index is 13.3. The number of nitrogens with zero attached hydrogens (tertiary/aromatic N) is 2. The molecule has 0 unspecified atom stereocenters. The molecule has 238 valence electrons. The summed E-state index contributed by atoms with van der Waals surface area (Å²) in [5, 5.41) is 22.1. The van der Waals surface area contributed by atoms with E-state index in [1.54, 1.807) is 41.3 Å². The van der Waals surface area contributed by atoms with E-state index >= 15 is 0 Å². The second-order valence-electron chi connectivity index (χ2n) is 10.9. The molecular weight excluding hydrogens is 633 g/mol. The molecule has 13 heteroatoms. The predicted octanol–water partition coefficient (Wildman–Crippen LogP) is 6.27. The second kappa shape index (κ2) is 14.5. The molecule has 0 aliphatic carbocycles. The summed E-state index contributed by atoms with van der Waals surface area (Å²) >= 11 is 12.2. The van der Waals surface area contributed by atoms with Crippen LogP contribution in [0.5, 0.6) is 0 Å². The Balaban J connectivity index is 1.18. The van der Waals surface area contributed by atoms with E-state index < -0.39 is 17.9 Å². The Labute approximate surface area is 274 Å². The molecule has 46 heavy (non-hydrogen) atoms. The average Bonchev–Trinajstić information content (AvgIpc) is 3.69. The number of hydrogen-bond acceptors (Lipinski definition) is 6. The number of amides is 4. The van der Waals surface area contributed by atoms with Gasteiger partial charge in [0.15, 0.2) is 0 Å². The van der Waals surface area contributed by atoms with Crippen LogP contribution in [0.25, 0.3) is 0 Å². The lowest BCUT2D eigenvalue weighted by atomic mass is 10.1. The summed E-state index contributed by atoms with van der Waals surface area (Å²) in [4.78, 5) is 52.2. The number of para-hydroxylation sites is 1. The van der Waals surface area contributed by atoms with Crippen molar-refractivity contribution in [2.24, 2.45) is 0 Å². The molecule has 1 fully saturated rings. The molecule has 2 atom stereocenters. The molecular formula is C33H31Cl2N5O6. The van der Waals surface area contributed by atoms with Gasteiger partial charge < -0.3 is 30.5 Å². The van der Waals surface area contributed by atoms with Gasteiger partial charge in [0.1, 0.15) is 17.5 Å². The summed E-state index contributed by atoms with van der Waals surface area (Å²) in [6.07, 6.45) is 1.40. The van der Waals surface area contributed by atoms with Crippen LogP contribution in [-0.2, 0) is 22.4 Å². The van der Waals surface area contributed by atoms with Gasteiger partial charge in [0, 0.05) is 30.4 Å². The molecule has 4 amide bonds. The fraction of sp³-hybridized carbons (Fsp3) is 0.242. The minimum Gasteiger partial charge on any atom is -0.480 e. The fourth-order valence-electron chi connectivity index (χ4n) is 5.28. The Kier molecular flexibility index (Phi) is 10.2. The average molecular weight is 665 g/mol. The molecule has 11 nitrogen and oxygen atoms in total. The van der Waals surface area contributed by atoms with Gasteiger partial charge in [-0.25, -0.2) is 9.59 Å². The summed E-state index contributed by atoms with van der Waals surface area (Å²) in [6.45, 7) is 2.45. The Bertz CT molecular complexity index is 1740. The number of urea groups is 1. The van der Waals surface area contributed by atoms with Crippen molar-refractivity contribution in [3.63, 3.8) is 0 Å². The van der Waals surface area contributed by atoms with Crippen LogP contribution in [0.2, 0.25) is 10.0 Å². The van der Waals surface area contributed by atoms with Crippen LogP contribution in [0.1, 0.15) is 51.8 Å². The molecule has 0 bridgehead atoms. The molecule has 1 aliphatic heterocycles. The van der Waals surface area contributed by atoms with Crippen molar-refractivity contribution < 1.29 is 28.8 Å². The van der Waals surface area contributed by atoms with Gasteiger partial charge in [-0.15, -0.1) is 0 Å². The highest BCUT2D eigenvalue weighted by atomic mass is 35.5. The number of anilines is 2. The van der Waals surface area contributed by atoms with E-state index in [2.05, 4.69) is 21.1 Å². The van der Waals surface area contributed by atoms with Gasteiger partial charge in [0.25, 0.3) is 5.91 Å². The number of carbonyl (C=O) groups excluding carboxylic acids is 3. The number of nitrogens with one attached hydrogen (secondary N) is 3. The third kappa shape index (κ3) is 7.85. The Hall–Kier alpha value is -4.87. The normalized spacial score (nSPS) is 14.8. The highest BCUT2D eigenvalue weighted by Crippen LogP contribution is 2.32. The zero-order chi connectivity index (χ0) is 32.8. The van der Waals surface area contributed by atoms with Crippen molar-refractivity contribution in [3.05, 3.63) is 111 Å². The maximum absolute atomic E-state index is 13.3. The number of rotatable bonds is 10. The number of aryl methyl sites for hydroxylation is 1. The van der Waals surface area contributed by atoms with Crippen LogP contribution in [0.4, 0.5) is 16.2 Å². The molecule has 1 aliphatic rings. The highest BCUT2D eigenvalue weighted by Gasteiger charge is 2.33. The summed E-state index contributed by atoms with van der Waals surface area (Å²) in [5.41, 5.74) is 3.51. The molecule has 0 spiro atoms. The molecule has 0 saturated carbocycles. The van der Waals surface area contributed by atoms with Crippen LogP contribution in [0.3, 0.4) is 0 Å². The summed E-state index contributed by atoms with van der Waals surface area (Å²) in [7, 11) is 0. The first-order chi connectivity index (χ1) is 22.1. The van der Waals surface area contributed by atoms with Crippen LogP contribution < -0.4 is 16.0 Å². The molecule has 1 aromatic heterocycles. The van der Waals surface area contributed by atoms with E-state index in [0.717, 1.165) is 17.5 Å². The van der Waals surface area contributed by atoms with E-state index in [0.29, 0.717) is 30.0 Å². The van der Waals surface area contributed by atoms with Crippen molar-refractivity contribution in [2.75, 3.05) is 17.2 Å². The van der Waals surface area contributed by atoms with Crippen LogP contribution in [0, 0.1) is 6.92 Å². The maximum Gasteiger partial charge on any atom is 0.326 e. The Morgan fingerprint density at radius 2 is 1.72 bits per heavy atom. The topological polar surface area (TPSA) is 154 Å². The molecule has 3 aromatic carbocycles. The molecule has 2 heterocycles. The second-order valence-corrected chi connectivity index (χ2v) is 11.7. The number of benzene rings is 3. The van der Waals surface area contributed by atoms with Crippen molar-refractivity contribution in [1.82, 2.24) is 15.4 Å². The lowest BCUT2D eigenvalue weighted by Gasteiger charge is -2.23. The van der Waals surface area contributed by atoms with Gasteiger partial charge in [0.05, 0.1) is 28.1 Å². The first-order valence-electron chi connectivity index (χ1n) is 14.5. The van der Waals surface area contributed by atoms with E-state index in [1.807, 2.05) is 31.2 Å². The zero-order valence-corrected chi connectivity index (χ0v) is 26.3. The van der Waals surface area contributed by atoms with Gasteiger partial charge in [-0.2, -0.15) is 0 Å². The first-order valence-corrected chi connectivity index (χ1v) is 15.3. The Morgan fingerprint density at radius 3 is 2.41 bits per heavy atom. The number of hydrogen-bond donors (Lipinski definition) is 4. The smallest absolute Gasteiger partial charge is 0.326 e. The number of aromatic nitrogens is 1. The monoisotopic (exact) mass is 663 g/mol. The van der Waals surface area contributed by atoms with Crippen LogP contribution in [0.15, 0.2) is 77.3 Å². The largest absolute Gasteiger partial charge is 0.480 e. The van der Waals surface area contributed by atoms with E-state index in [-0.39, 0.29) is 52.2 Å². The standard InChI is InChI=1S/C33H31Cl2N5O6/c1-19-6-2-3-9-25(19)38-33(45)36-21-13-11-20(12-14-21)16-29(41)40-15-5-10-28(40)26-17-22(46-39-26)18-27(32(43)44)37-31(42)30-23(34)7-4-8-24(30)35/h2-4,6-9,11-14,17,27-28H,5,10,15-16,18H2,1H3,(H,37,42)(H,43,44)(H2,36,38,45)/t27-,28-/m0/s1. The summed E-state index contributed by atoms with van der Waals surface area (Å²) < 4.78 is 5.43. The van der Waals surface area contributed by atoms with E-state index in [1.165, 1.54) is 12.1 Å². The van der Waals surface area contributed by atoms with Crippen LogP contribution in [-0.4, -0.2) is 51.6 Å². The quantitative estimate of drug-likeness (QED) is 0.156. The minimum atomic E-state index is -1.34. The molecule has 4 aromatic rings. The molecule has 1 saturated heterocycles. The van der Waals surface area contributed by atoms with E-state index in [9.17, 15) is 24.3 Å². The molecule has 0 radical (unpaired) electrons. The van der Waals surface area contributed by atoms with Crippen molar-refractivity contribution >= 4 is 58.4 Å². The van der Waals surface area contributed by atoms with Gasteiger partial charge in [0.2, 0.25) is 5.91 Å². The SMILES string of the molecule is Cc1ccccc1NC(=O)Nc1ccc(CC(=O)N2CCC[C@H]2c2cc(C[C@H](NC(=O)c3c(Cl)cccc3Cl)C(=O)O)on2)cc1. The number of carboxylic acid groups (broad SMARTS) is 1. The first kappa shape index (κ1) is 32.5. The third-order valence-corrected chi connectivity index (χ3v) is 8.28. The highest BCUT2D eigenvalue weighted by molar-refractivity contribution is 6.39. The van der Waals surface area contributed by atoms with Crippen molar-refractivity contribution in [2.45, 2.75) is 44.7 Å². The van der Waals surface area contributed by atoms with Gasteiger partial charge in [-0.3, -0.25) is 9.59 Å². The lowest BCUT2D eigenvalue weighted by Crippen LogP contribution is -2.42. The summed E-state index contributed by atoms with van der Waals surface area (Å²) in [6, 6.07) is 18.6. The number of aliphatic carboxylic acids is 1. The number of carbonyl (C=O) groups is 4. The van der Waals surface area contributed by atoms with E-state index in [4.69, 9.17) is 27.7 Å². The minimum absolute atomic E-state index is 0.0232. The Morgan fingerprint density at radius 1 is 1.00 bits per heavy atom. The molecule has 5 rings (SSSR count). The molecule has 4 N–H and O–H groups in total. The number of likely N-dealkylation sites (tertiary alicyclic amines) is 1. The van der Waals surface area contributed by atoms with Crippen molar-refractivity contribution in [3.8, 4) is 0 Å². The predicted molar refractivity (Wildman–Crippen MR) is 173 cm³/mol. The van der Waals surface area contributed by atoms with Crippen LogP contribution >= 0.6 is 23.2 Å². The van der Waals surface area contributed by atoms with Gasteiger partial charge in [-0.1, -0.05) is 64.8 Å². The number of halogens is 2. The van der Waals surface area contributed by atoms with Gasteiger partial charge in [-0.05, 0) is 61.2 Å². The summed E-state index contributed by atoms with van der Waals surface area (Å²) in [5.74, 6) is -1.87. The fourth-order valence-corrected chi connectivity index (χ4v) is 5.85. The van der Waals surface area contributed by atoms with Crippen molar-refractivity contribution in [1.29, 1.82) is 0 Å². The zero-order valence-electron chi connectivity index (χ0n) is 24.8. The third-order valence-electron chi connectivity index (χ3n) is 7.65. The number of carboxylic acids is 1. The lowest BCUT2D eigenvalue weighted by molar-refractivity contribution is -0.139. The van der Waals surface area contributed by atoms with Gasteiger partial charge >= 0.3 is 12.0 Å².